The van der Waals surface area contributed by atoms with E-state index in [0.717, 1.165) is 64.6 Å². The van der Waals surface area contributed by atoms with Gasteiger partial charge in [-0.2, -0.15) is 5.10 Å². The fourth-order valence-corrected chi connectivity index (χ4v) is 4.14. The molecule has 2 aliphatic rings. The second-order valence-electron chi connectivity index (χ2n) is 6.66. The molecule has 4 rings (SSSR count). The quantitative estimate of drug-likeness (QED) is 0.892. The number of aromatic nitrogens is 2. The van der Waals surface area contributed by atoms with Gasteiger partial charge in [-0.25, -0.2) is 0 Å². The Hall–Kier alpha value is -2.06. The molecule has 0 radical (unpaired) electrons. The Morgan fingerprint density at radius 3 is 2.88 bits per heavy atom. The molecule has 138 valence electrons. The summed E-state index contributed by atoms with van der Waals surface area (Å²) in [7, 11) is 0. The first-order valence-electron chi connectivity index (χ1n) is 8.86. The molecule has 0 bridgehead atoms. The second kappa shape index (κ2) is 7.28. The molecule has 1 saturated heterocycles. The van der Waals surface area contributed by atoms with E-state index in [-0.39, 0.29) is 6.10 Å². The molecule has 0 saturated carbocycles. The van der Waals surface area contributed by atoms with Crippen molar-refractivity contribution in [1.29, 1.82) is 0 Å². The second-order valence-corrected chi connectivity index (χ2v) is 7.62. The van der Waals surface area contributed by atoms with Crippen molar-refractivity contribution in [2.75, 3.05) is 18.9 Å². The smallest absolute Gasteiger partial charge is 0.180 e. The fourth-order valence-electron chi connectivity index (χ4n) is 3.37. The van der Waals surface area contributed by atoms with Gasteiger partial charge in [0.1, 0.15) is 5.76 Å². The number of ether oxygens (including phenoxy) is 1. The number of hydrogen-bond acceptors (Lipinski definition) is 6. The van der Waals surface area contributed by atoms with E-state index in [2.05, 4.69) is 45.2 Å². The van der Waals surface area contributed by atoms with Gasteiger partial charge in [-0.15, -0.1) is 0 Å². The Labute approximate surface area is 156 Å². The Balaban J connectivity index is 1.51. The number of rotatable bonds is 4. The third kappa shape index (κ3) is 3.43. The van der Waals surface area contributed by atoms with Crippen molar-refractivity contribution in [3.63, 3.8) is 0 Å². The van der Waals surface area contributed by atoms with Crippen LogP contribution >= 0.6 is 11.8 Å². The highest BCUT2D eigenvalue weighted by Gasteiger charge is 2.21. The third-order valence-electron chi connectivity index (χ3n) is 4.68. The van der Waals surface area contributed by atoms with Crippen LogP contribution in [0.25, 0.3) is 5.82 Å². The van der Waals surface area contributed by atoms with Gasteiger partial charge in [0.15, 0.2) is 11.0 Å². The Bertz CT molecular complexity index is 861. The van der Waals surface area contributed by atoms with Gasteiger partial charge in [-0.05, 0) is 39.7 Å². The van der Waals surface area contributed by atoms with Crippen LogP contribution in [0.15, 0.2) is 26.7 Å². The van der Waals surface area contributed by atoms with Crippen LogP contribution in [0.4, 0.5) is 0 Å². The lowest BCUT2D eigenvalue weighted by atomic mass is 10.1. The van der Waals surface area contributed by atoms with Gasteiger partial charge in [-0.3, -0.25) is 15.0 Å². The number of hydrogen-bond donors (Lipinski definition) is 1. The van der Waals surface area contributed by atoms with Gasteiger partial charge < -0.3 is 9.26 Å². The SMILES string of the molecule is Cc1cc(-n2c(C)cc(C3=NNC(=NC[C@@H]4CCCO4)SC3)c2C)no1. The minimum atomic E-state index is 0.264. The van der Waals surface area contributed by atoms with Gasteiger partial charge in [0.05, 0.1) is 18.4 Å². The van der Waals surface area contributed by atoms with Gasteiger partial charge in [-0.1, -0.05) is 16.9 Å². The first kappa shape index (κ1) is 17.4. The minimum Gasteiger partial charge on any atom is -0.376 e. The molecule has 1 atom stereocenters. The van der Waals surface area contributed by atoms with Crippen LogP contribution in [0, 0.1) is 20.8 Å². The molecule has 0 amide bonds. The summed E-state index contributed by atoms with van der Waals surface area (Å²) in [4.78, 5) is 4.60. The molecule has 7 nitrogen and oxygen atoms in total. The van der Waals surface area contributed by atoms with Gasteiger partial charge in [0.25, 0.3) is 0 Å². The van der Waals surface area contributed by atoms with Crippen LogP contribution in [0.3, 0.4) is 0 Å². The maximum absolute atomic E-state index is 5.61. The monoisotopic (exact) mass is 373 g/mol. The molecule has 0 unspecified atom stereocenters. The first-order chi connectivity index (χ1) is 12.6. The molecule has 0 aromatic carbocycles. The largest absolute Gasteiger partial charge is 0.376 e. The fraction of sp³-hybridized carbons (Fsp3) is 0.500. The topological polar surface area (TPSA) is 76.9 Å². The average Bonchev–Trinajstić information content (AvgIpc) is 3.35. The van der Waals surface area contributed by atoms with E-state index in [9.17, 15) is 0 Å². The standard InChI is InChI=1S/C18H23N5O2S/c1-11-7-15(13(3)23(11)17-8-12(2)25-22-17)16-10-26-18(21-20-16)19-9-14-5-4-6-24-14/h7-8,14H,4-6,9-10H2,1-3H3,(H,19,21)/t14-/m0/s1. The molecule has 0 spiro atoms. The predicted molar refractivity (Wildman–Crippen MR) is 103 cm³/mol. The number of aliphatic imine (C=N–C) groups is 1. The van der Waals surface area contributed by atoms with Crippen molar-refractivity contribution >= 4 is 22.6 Å². The molecular formula is C18H23N5O2S. The first-order valence-corrected chi connectivity index (χ1v) is 9.85. The lowest BCUT2D eigenvalue weighted by Gasteiger charge is -2.15. The van der Waals surface area contributed by atoms with E-state index in [1.165, 1.54) is 0 Å². The highest BCUT2D eigenvalue weighted by molar-refractivity contribution is 8.14. The minimum absolute atomic E-state index is 0.264. The van der Waals surface area contributed by atoms with Crippen molar-refractivity contribution in [3.05, 3.63) is 34.8 Å². The summed E-state index contributed by atoms with van der Waals surface area (Å²) < 4.78 is 12.9. The van der Waals surface area contributed by atoms with Crippen molar-refractivity contribution in [1.82, 2.24) is 15.1 Å². The molecule has 1 fully saturated rings. The molecule has 4 heterocycles. The van der Waals surface area contributed by atoms with Crippen molar-refractivity contribution in [2.45, 2.75) is 39.7 Å². The predicted octanol–water partition coefficient (Wildman–Crippen LogP) is 2.97. The van der Waals surface area contributed by atoms with Crippen molar-refractivity contribution in [2.24, 2.45) is 10.1 Å². The van der Waals surface area contributed by atoms with Crippen LogP contribution in [-0.2, 0) is 4.74 Å². The van der Waals surface area contributed by atoms with Crippen LogP contribution in [0.5, 0.6) is 0 Å². The number of aryl methyl sites for hydroxylation is 2. The molecule has 0 aliphatic carbocycles. The molecule has 2 aliphatic heterocycles. The van der Waals surface area contributed by atoms with E-state index in [1.54, 1.807) is 11.8 Å². The van der Waals surface area contributed by atoms with Crippen LogP contribution in [0.2, 0.25) is 0 Å². The summed E-state index contributed by atoms with van der Waals surface area (Å²) in [5.41, 5.74) is 7.45. The van der Waals surface area contributed by atoms with Crippen LogP contribution < -0.4 is 5.43 Å². The third-order valence-corrected chi connectivity index (χ3v) is 5.59. The van der Waals surface area contributed by atoms with E-state index in [4.69, 9.17) is 9.26 Å². The van der Waals surface area contributed by atoms with Crippen molar-refractivity contribution < 1.29 is 9.26 Å². The molecule has 8 heteroatoms. The lowest BCUT2D eigenvalue weighted by Crippen LogP contribution is -2.26. The highest BCUT2D eigenvalue weighted by Crippen LogP contribution is 2.24. The summed E-state index contributed by atoms with van der Waals surface area (Å²) in [6, 6.07) is 4.09. The van der Waals surface area contributed by atoms with Gasteiger partial charge in [0.2, 0.25) is 0 Å². The summed E-state index contributed by atoms with van der Waals surface area (Å²) >= 11 is 1.68. The molecule has 2 aromatic rings. The van der Waals surface area contributed by atoms with Crippen molar-refractivity contribution in [3.8, 4) is 5.82 Å². The average molecular weight is 373 g/mol. The zero-order valence-corrected chi connectivity index (χ0v) is 16.1. The molecule has 26 heavy (non-hydrogen) atoms. The van der Waals surface area contributed by atoms with Crippen LogP contribution in [-0.4, -0.2) is 45.6 Å². The number of thioether (sulfide) groups is 1. The van der Waals surface area contributed by atoms with Gasteiger partial charge >= 0.3 is 0 Å². The summed E-state index contributed by atoms with van der Waals surface area (Å²) in [6.07, 6.45) is 2.50. The number of nitrogens with zero attached hydrogens (tertiary/aromatic N) is 4. The van der Waals surface area contributed by atoms with E-state index >= 15 is 0 Å². The zero-order valence-electron chi connectivity index (χ0n) is 15.3. The van der Waals surface area contributed by atoms with Crippen LogP contribution in [0.1, 0.15) is 35.6 Å². The lowest BCUT2D eigenvalue weighted by molar-refractivity contribution is 0.118. The molecule has 2 aromatic heterocycles. The maximum Gasteiger partial charge on any atom is 0.180 e. The highest BCUT2D eigenvalue weighted by atomic mass is 32.2. The van der Waals surface area contributed by atoms with Gasteiger partial charge in [0, 0.05) is 35.4 Å². The molecule has 1 N–H and O–H groups in total. The van der Waals surface area contributed by atoms with E-state index in [0.29, 0.717) is 6.54 Å². The maximum atomic E-state index is 5.61. The number of hydrazone groups is 1. The van der Waals surface area contributed by atoms with E-state index < -0.39 is 0 Å². The zero-order chi connectivity index (χ0) is 18.1. The Morgan fingerprint density at radius 2 is 2.23 bits per heavy atom. The number of nitrogens with one attached hydrogen (secondary N) is 1. The number of amidine groups is 1. The van der Waals surface area contributed by atoms with E-state index in [1.807, 2.05) is 13.0 Å². The Kier molecular flexibility index (Phi) is 4.86. The normalized spacial score (nSPS) is 21.9. The Morgan fingerprint density at radius 1 is 1.35 bits per heavy atom. The molecular weight excluding hydrogens is 350 g/mol. The summed E-state index contributed by atoms with van der Waals surface area (Å²) in [5.74, 6) is 2.40. The summed E-state index contributed by atoms with van der Waals surface area (Å²) in [6.45, 7) is 7.62. The summed E-state index contributed by atoms with van der Waals surface area (Å²) in [5, 5.41) is 9.56.